The SMILES string of the molecule is CCOC(=O)C1(NC)CCC(N2CCCCCC2)C1. The third-order valence-electron chi connectivity index (χ3n) is 4.79. The molecule has 0 aromatic rings. The quantitative estimate of drug-likeness (QED) is 0.791. The Morgan fingerprint density at radius 1 is 1.32 bits per heavy atom. The van der Waals surface area contributed by atoms with E-state index in [9.17, 15) is 4.79 Å². The van der Waals surface area contributed by atoms with Gasteiger partial charge in [0.15, 0.2) is 0 Å². The van der Waals surface area contributed by atoms with Crippen molar-refractivity contribution >= 4 is 5.97 Å². The summed E-state index contributed by atoms with van der Waals surface area (Å²) >= 11 is 0. The standard InChI is InChI=1S/C15H28N2O2/c1-3-19-14(18)15(16-2)9-8-13(12-15)17-10-6-4-5-7-11-17/h13,16H,3-12H2,1-2H3. The van der Waals surface area contributed by atoms with E-state index in [1.807, 2.05) is 14.0 Å². The van der Waals surface area contributed by atoms with Gasteiger partial charge in [0, 0.05) is 6.04 Å². The van der Waals surface area contributed by atoms with Gasteiger partial charge < -0.3 is 15.0 Å². The topological polar surface area (TPSA) is 41.6 Å². The molecule has 2 atom stereocenters. The van der Waals surface area contributed by atoms with Crippen LogP contribution in [0.25, 0.3) is 0 Å². The summed E-state index contributed by atoms with van der Waals surface area (Å²) in [5.41, 5.74) is -0.438. The van der Waals surface area contributed by atoms with Crippen LogP contribution >= 0.6 is 0 Å². The first-order valence-corrected chi connectivity index (χ1v) is 7.82. The maximum absolute atomic E-state index is 12.2. The van der Waals surface area contributed by atoms with E-state index in [1.165, 1.54) is 38.8 Å². The van der Waals surface area contributed by atoms with Crippen molar-refractivity contribution in [2.45, 2.75) is 63.5 Å². The molecule has 0 bridgehead atoms. The summed E-state index contributed by atoms with van der Waals surface area (Å²) in [4.78, 5) is 14.8. The molecule has 0 aromatic carbocycles. The fourth-order valence-electron chi connectivity index (χ4n) is 3.58. The van der Waals surface area contributed by atoms with Crippen molar-refractivity contribution in [3.8, 4) is 0 Å². The highest BCUT2D eigenvalue weighted by Crippen LogP contribution is 2.34. The van der Waals surface area contributed by atoms with Crippen molar-refractivity contribution in [1.82, 2.24) is 10.2 Å². The summed E-state index contributed by atoms with van der Waals surface area (Å²) in [7, 11) is 1.89. The molecule has 1 aliphatic carbocycles. The van der Waals surface area contributed by atoms with Gasteiger partial charge in [-0.15, -0.1) is 0 Å². The molecule has 110 valence electrons. The lowest BCUT2D eigenvalue weighted by Crippen LogP contribution is -2.50. The molecule has 1 heterocycles. The molecule has 0 radical (unpaired) electrons. The second kappa shape index (κ2) is 6.71. The zero-order valence-corrected chi connectivity index (χ0v) is 12.4. The molecular weight excluding hydrogens is 240 g/mol. The van der Waals surface area contributed by atoms with E-state index in [-0.39, 0.29) is 5.97 Å². The number of hydrogen-bond acceptors (Lipinski definition) is 4. The number of nitrogens with one attached hydrogen (secondary N) is 1. The first-order chi connectivity index (χ1) is 9.22. The minimum Gasteiger partial charge on any atom is -0.465 e. The lowest BCUT2D eigenvalue weighted by Gasteiger charge is -2.30. The van der Waals surface area contributed by atoms with Crippen molar-refractivity contribution < 1.29 is 9.53 Å². The van der Waals surface area contributed by atoms with Gasteiger partial charge in [-0.2, -0.15) is 0 Å². The molecule has 2 fully saturated rings. The van der Waals surface area contributed by atoms with E-state index >= 15 is 0 Å². The largest absolute Gasteiger partial charge is 0.465 e. The van der Waals surface area contributed by atoms with Gasteiger partial charge in [0.1, 0.15) is 5.54 Å². The molecule has 2 aliphatic rings. The van der Waals surface area contributed by atoms with Crippen molar-refractivity contribution in [2.75, 3.05) is 26.7 Å². The van der Waals surface area contributed by atoms with Crippen LogP contribution in [0.4, 0.5) is 0 Å². The number of ether oxygens (including phenoxy) is 1. The summed E-state index contributed by atoms with van der Waals surface area (Å²) in [5, 5.41) is 3.25. The average Bonchev–Trinajstić information content (AvgIpc) is 2.68. The molecular formula is C15H28N2O2. The van der Waals surface area contributed by atoms with Gasteiger partial charge in [0.25, 0.3) is 0 Å². The minimum atomic E-state index is -0.438. The van der Waals surface area contributed by atoms with Gasteiger partial charge in [-0.1, -0.05) is 12.8 Å². The molecule has 0 spiro atoms. The van der Waals surface area contributed by atoms with Crippen LogP contribution in [0.2, 0.25) is 0 Å². The normalized spacial score (nSPS) is 33.1. The Hall–Kier alpha value is -0.610. The molecule has 19 heavy (non-hydrogen) atoms. The van der Waals surface area contributed by atoms with Crippen LogP contribution in [0.15, 0.2) is 0 Å². The van der Waals surface area contributed by atoms with Crippen LogP contribution in [-0.4, -0.2) is 49.2 Å². The van der Waals surface area contributed by atoms with Crippen LogP contribution in [0.1, 0.15) is 51.9 Å². The summed E-state index contributed by atoms with van der Waals surface area (Å²) in [6.07, 6.45) is 8.26. The maximum atomic E-state index is 12.2. The van der Waals surface area contributed by atoms with Crippen LogP contribution in [0.5, 0.6) is 0 Å². The molecule has 4 nitrogen and oxygen atoms in total. The number of nitrogens with zero attached hydrogens (tertiary/aromatic N) is 1. The number of rotatable bonds is 4. The number of esters is 1. The number of likely N-dealkylation sites (tertiary alicyclic amines) is 1. The van der Waals surface area contributed by atoms with Crippen molar-refractivity contribution in [2.24, 2.45) is 0 Å². The van der Waals surface area contributed by atoms with Gasteiger partial charge in [-0.3, -0.25) is 4.79 Å². The van der Waals surface area contributed by atoms with Crippen molar-refractivity contribution in [3.63, 3.8) is 0 Å². The molecule has 4 heteroatoms. The van der Waals surface area contributed by atoms with E-state index in [0.717, 1.165) is 19.3 Å². The molecule has 1 saturated carbocycles. The lowest BCUT2D eigenvalue weighted by molar-refractivity contribution is -0.151. The summed E-state index contributed by atoms with van der Waals surface area (Å²) in [5.74, 6) is -0.0604. The minimum absolute atomic E-state index is 0.0604. The Balaban J connectivity index is 1.97. The van der Waals surface area contributed by atoms with Crippen LogP contribution < -0.4 is 5.32 Å². The smallest absolute Gasteiger partial charge is 0.326 e. The predicted octanol–water partition coefficient (Wildman–Crippen LogP) is 1.94. The number of likely N-dealkylation sites (N-methyl/N-ethyl adjacent to an activating group) is 1. The Morgan fingerprint density at radius 2 is 2.00 bits per heavy atom. The fourth-order valence-corrected chi connectivity index (χ4v) is 3.58. The molecule has 2 unspecified atom stereocenters. The van der Waals surface area contributed by atoms with Gasteiger partial charge in [0.2, 0.25) is 0 Å². The van der Waals surface area contributed by atoms with Crippen molar-refractivity contribution in [1.29, 1.82) is 0 Å². The third kappa shape index (κ3) is 3.29. The Bertz CT molecular complexity index is 301. The van der Waals surface area contributed by atoms with E-state index < -0.39 is 5.54 Å². The van der Waals surface area contributed by atoms with E-state index in [4.69, 9.17) is 4.74 Å². The molecule has 1 saturated heterocycles. The second-order valence-electron chi connectivity index (χ2n) is 5.90. The van der Waals surface area contributed by atoms with Crippen molar-refractivity contribution in [3.05, 3.63) is 0 Å². The highest BCUT2D eigenvalue weighted by molar-refractivity contribution is 5.81. The fraction of sp³-hybridized carbons (Fsp3) is 0.933. The Labute approximate surface area is 116 Å². The van der Waals surface area contributed by atoms with E-state index in [2.05, 4.69) is 10.2 Å². The van der Waals surface area contributed by atoms with Gasteiger partial charge in [-0.25, -0.2) is 0 Å². The lowest BCUT2D eigenvalue weighted by atomic mass is 9.97. The number of carbonyl (C=O) groups is 1. The van der Waals surface area contributed by atoms with Gasteiger partial charge >= 0.3 is 5.97 Å². The summed E-state index contributed by atoms with van der Waals surface area (Å²) in [6.45, 7) is 4.75. The zero-order chi connectivity index (χ0) is 13.7. The predicted molar refractivity (Wildman–Crippen MR) is 76.1 cm³/mol. The van der Waals surface area contributed by atoms with E-state index in [0.29, 0.717) is 12.6 Å². The number of carbonyl (C=O) groups excluding carboxylic acids is 1. The molecule has 1 aliphatic heterocycles. The second-order valence-corrected chi connectivity index (χ2v) is 5.90. The average molecular weight is 268 g/mol. The maximum Gasteiger partial charge on any atom is 0.326 e. The molecule has 0 aromatic heterocycles. The molecule has 0 amide bonds. The zero-order valence-electron chi connectivity index (χ0n) is 12.4. The van der Waals surface area contributed by atoms with Crippen LogP contribution in [-0.2, 0) is 9.53 Å². The Kier molecular flexibility index (Phi) is 5.22. The Morgan fingerprint density at radius 3 is 2.58 bits per heavy atom. The first-order valence-electron chi connectivity index (χ1n) is 7.82. The van der Waals surface area contributed by atoms with Gasteiger partial charge in [0.05, 0.1) is 6.61 Å². The highest BCUT2D eigenvalue weighted by atomic mass is 16.5. The number of hydrogen-bond donors (Lipinski definition) is 1. The monoisotopic (exact) mass is 268 g/mol. The molecule has 1 N–H and O–H groups in total. The van der Waals surface area contributed by atoms with Crippen LogP contribution in [0, 0.1) is 0 Å². The molecule has 2 rings (SSSR count). The van der Waals surface area contributed by atoms with Crippen LogP contribution in [0.3, 0.4) is 0 Å². The third-order valence-corrected chi connectivity index (χ3v) is 4.79. The summed E-state index contributed by atoms with van der Waals surface area (Å²) < 4.78 is 5.26. The highest BCUT2D eigenvalue weighted by Gasteiger charge is 2.46. The summed E-state index contributed by atoms with van der Waals surface area (Å²) in [6, 6.07) is 0.551. The first kappa shape index (κ1) is 14.8. The van der Waals surface area contributed by atoms with Gasteiger partial charge in [-0.05, 0) is 59.2 Å². The van der Waals surface area contributed by atoms with E-state index in [1.54, 1.807) is 0 Å².